The van der Waals surface area contributed by atoms with Crippen LogP contribution in [0.2, 0.25) is 0 Å². The van der Waals surface area contributed by atoms with Crippen LogP contribution in [-0.2, 0) is 9.59 Å². The summed E-state index contributed by atoms with van der Waals surface area (Å²) in [4.78, 5) is 26.3. The van der Waals surface area contributed by atoms with Gasteiger partial charge in [-0.1, -0.05) is 6.92 Å². The minimum absolute atomic E-state index is 0.0230. The van der Waals surface area contributed by atoms with E-state index in [1.807, 2.05) is 4.90 Å². The molecule has 1 aliphatic rings. The van der Waals surface area contributed by atoms with Crippen molar-refractivity contribution in [1.82, 2.24) is 15.1 Å². The Hall–Kier alpha value is -1.14. The summed E-state index contributed by atoms with van der Waals surface area (Å²) in [5, 5.41) is 12.1. The quantitative estimate of drug-likeness (QED) is 0.667. The zero-order chi connectivity index (χ0) is 13.0. The van der Waals surface area contributed by atoms with Crippen LogP contribution in [-0.4, -0.2) is 73.1 Å². The van der Waals surface area contributed by atoms with E-state index in [1.165, 1.54) is 0 Å². The van der Waals surface area contributed by atoms with E-state index in [1.54, 1.807) is 25.9 Å². The molecule has 0 saturated carbocycles. The molecular weight excluding hydrogens is 222 g/mol. The van der Waals surface area contributed by atoms with Gasteiger partial charge in [-0.05, 0) is 0 Å². The van der Waals surface area contributed by atoms with Gasteiger partial charge in [0.2, 0.25) is 5.91 Å². The predicted molar refractivity (Wildman–Crippen MR) is 63.7 cm³/mol. The summed E-state index contributed by atoms with van der Waals surface area (Å²) >= 11 is 0. The number of piperazine rings is 1. The van der Waals surface area contributed by atoms with Crippen LogP contribution in [0, 0.1) is 5.92 Å². The smallest absolute Gasteiger partial charge is 0.307 e. The molecule has 1 rings (SSSR count). The van der Waals surface area contributed by atoms with Gasteiger partial charge in [-0.2, -0.15) is 0 Å². The molecule has 0 aliphatic carbocycles. The molecule has 6 nitrogen and oxygen atoms in total. The van der Waals surface area contributed by atoms with E-state index in [4.69, 9.17) is 5.11 Å². The molecule has 6 heteroatoms. The molecule has 0 bridgehead atoms. The largest absolute Gasteiger partial charge is 0.481 e. The minimum atomic E-state index is -0.820. The standard InChI is InChI=1S/C11H21N3O3/c1-8(11(16)17)7-14-5-4-12-6-9(14)10(15)13(2)3/h8-9,12H,4-7H2,1-3H3,(H,16,17). The number of hydrogen-bond donors (Lipinski definition) is 2. The lowest BCUT2D eigenvalue weighted by molar-refractivity contribution is -0.144. The highest BCUT2D eigenvalue weighted by Gasteiger charge is 2.31. The molecule has 1 heterocycles. The lowest BCUT2D eigenvalue weighted by Crippen LogP contribution is -2.58. The summed E-state index contributed by atoms with van der Waals surface area (Å²) in [5.41, 5.74) is 0. The molecule has 1 amide bonds. The van der Waals surface area contributed by atoms with Gasteiger partial charge in [-0.25, -0.2) is 0 Å². The van der Waals surface area contributed by atoms with Crippen molar-refractivity contribution in [2.24, 2.45) is 5.92 Å². The fourth-order valence-corrected chi connectivity index (χ4v) is 1.94. The van der Waals surface area contributed by atoms with Crippen molar-refractivity contribution < 1.29 is 14.7 Å². The maximum absolute atomic E-state index is 12.0. The molecule has 2 N–H and O–H groups in total. The van der Waals surface area contributed by atoms with E-state index in [0.717, 1.165) is 6.54 Å². The predicted octanol–water partition coefficient (Wildman–Crippen LogP) is -0.931. The second-order valence-electron chi connectivity index (χ2n) is 4.69. The number of carboxylic acids is 1. The highest BCUT2D eigenvalue weighted by atomic mass is 16.4. The van der Waals surface area contributed by atoms with Gasteiger partial charge >= 0.3 is 5.97 Å². The summed E-state index contributed by atoms with van der Waals surface area (Å²) in [7, 11) is 3.44. The summed E-state index contributed by atoms with van der Waals surface area (Å²) < 4.78 is 0. The van der Waals surface area contributed by atoms with Crippen molar-refractivity contribution in [3.05, 3.63) is 0 Å². The topological polar surface area (TPSA) is 72.9 Å². The van der Waals surface area contributed by atoms with Crippen LogP contribution < -0.4 is 5.32 Å². The molecule has 17 heavy (non-hydrogen) atoms. The number of nitrogens with one attached hydrogen (secondary N) is 1. The third-order valence-electron chi connectivity index (χ3n) is 3.01. The Morgan fingerprint density at radius 3 is 2.71 bits per heavy atom. The zero-order valence-corrected chi connectivity index (χ0v) is 10.6. The second-order valence-corrected chi connectivity index (χ2v) is 4.69. The average molecular weight is 243 g/mol. The lowest BCUT2D eigenvalue weighted by Gasteiger charge is -2.37. The number of carbonyl (C=O) groups is 2. The van der Waals surface area contributed by atoms with Crippen molar-refractivity contribution in [3.63, 3.8) is 0 Å². The Balaban J connectivity index is 2.66. The SMILES string of the molecule is CC(CN1CCNCC1C(=O)N(C)C)C(=O)O. The first kappa shape index (κ1) is 13.9. The summed E-state index contributed by atoms with van der Waals surface area (Å²) in [5.74, 6) is -1.25. The average Bonchev–Trinajstić information content (AvgIpc) is 2.28. The number of amides is 1. The number of nitrogens with zero attached hydrogens (tertiary/aromatic N) is 2. The first-order valence-electron chi connectivity index (χ1n) is 5.82. The molecule has 1 aliphatic heterocycles. The van der Waals surface area contributed by atoms with Crippen molar-refractivity contribution >= 4 is 11.9 Å². The monoisotopic (exact) mass is 243 g/mol. The van der Waals surface area contributed by atoms with Crippen LogP contribution in [0.4, 0.5) is 0 Å². The number of carbonyl (C=O) groups excluding carboxylic acids is 1. The van der Waals surface area contributed by atoms with E-state index < -0.39 is 11.9 Å². The highest BCUT2D eigenvalue weighted by Crippen LogP contribution is 2.09. The maximum atomic E-state index is 12.0. The van der Waals surface area contributed by atoms with Crippen LogP contribution in [0.15, 0.2) is 0 Å². The molecule has 98 valence electrons. The fraction of sp³-hybridized carbons (Fsp3) is 0.818. The molecule has 1 fully saturated rings. The van der Waals surface area contributed by atoms with Crippen molar-refractivity contribution in [1.29, 1.82) is 0 Å². The molecule has 0 radical (unpaired) electrons. The van der Waals surface area contributed by atoms with Gasteiger partial charge in [0.1, 0.15) is 6.04 Å². The van der Waals surface area contributed by atoms with Crippen LogP contribution >= 0.6 is 0 Å². The Morgan fingerprint density at radius 2 is 2.18 bits per heavy atom. The van der Waals surface area contributed by atoms with Gasteiger partial charge in [0.25, 0.3) is 0 Å². The van der Waals surface area contributed by atoms with Gasteiger partial charge in [0, 0.05) is 40.3 Å². The summed E-state index contributed by atoms with van der Waals surface area (Å²) in [6.07, 6.45) is 0. The van der Waals surface area contributed by atoms with Crippen molar-refractivity contribution in [2.75, 3.05) is 40.3 Å². The number of rotatable bonds is 4. The highest BCUT2D eigenvalue weighted by molar-refractivity contribution is 5.82. The van der Waals surface area contributed by atoms with Gasteiger partial charge in [-0.3, -0.25) is 14.5 Å². The Bertz CT molecular complexity index is 294. The molecule has 1 saturated heterocycles. The maximum Gasteiger partial charge on any atom is 0.307 e. The van der Waals surface area contributed by atoms with Gasteiger partial charge < -0.3 is 15.3 Å². The molecule has 0 aromatic heterocycles. The Morgan fingerprint density at radius 1 is 1.53 bits per heavy atom. The third kappa shape index (κ3) is 3.67. The van der Waals surface area contributed by atoms with E-state index in [0.29, 0.717) is 19.6 Å². The minimum Gasteiger partial charge on any atom is -0.481 e. The van der Waals surface area contributed by atoms with Crippen LogP contribution in [0.3, 0.4) is 0 Å². The molecule has 0 spiro atoms. The van der Waals surface area contributed by atoms with E-state index in [9.17, 15) is 9.59 Å². The summed E-state index contributed by atoms with van der Waals surface area (Å²) in [6.45, 7) is 4.18. The van der Waals surface area contributed by atoms with Crippen LogP contribution in [0.25, 0.3) is 0 Å². The van der Waals surface area contributed by atoms with Gasteiger partial charge in [0.15, 0.2) is 0 Å². The van der Waals surface area contributed by atoms with Crippen LogP contribution in [0.5, 0.6) is 0 Å². The normalized spacial score (nSPS) is 23.1. The molecular formula is C11H21N3O3. The third-order valence-corrected chi connectivity index (χ3v) is 3.01. The van der Waals surface area contributed by atoms with Gasteiger partial charge in [-0.15, -0.1) is 0 Å². The second kappa shape index (κ2) is 5.97. The number of aliphatic carboxylic acids is 1. The van der Waals surface area contributed by atoms with Crippen LogP contribution in [0.1, 0.15) is 6.92 Å². The van der Waals surface area contributed by atoms with E-state index in [-0.39, 0.29) is 11.9 Å². The van der Waals surface area contributed by atoms with Gasteiger partial charge in [0.05, 0.1) is 5.92 Å². The number of carboxylic acid groups (broad SMARTS) is 1. The first-order chi connectivity index (χ1) is 7.93. The van der Waals surface area contributed by atoms with Crippen molar-refractivity contribution in [2.45, 2.75) is 13.0 Å². The van der Waals surface area contributed by atoms with E-state index >= 15 is 0 Å². The summed E-state index contributed by atoms with van der Waals surface area (Å²) in [6, 6.07) is -0.249. The number of hydrogen-bond acceptors (Lipinski definition) is 4. The first-order valence-corrected chi connectivity index (χ1v) is 5.82. The zero-order valence-electron chi connectivity index (χ0n) is 10.6. The van der Waals surface area contributed by atoms with Crippen molar-refractivity contribution in [3.8, 4) is 0 Å². The Labute approximate surface area is 102 Å². The van der Waals surface area contributed by atoms with E-state index in [2.05, 4.69) is 5.32 Å². The Kier molecular flexibility index (Phi) is 4.89. The number of likely N-dealkylation sites (N-methyl/N-ethyl adjacent to an activating group) is 1. The molecule has 0 aromatic carbocycles. The fourth-order valence-electron chi connectivity index (χ4n) is 1.94. The molecule has 2 atom stereocenters. The lowest BCUT2D eigenvalue weighted by atomic mass is 10.1. The molecule has 2 unspecified atom stereocenters. The molecule has 0 aromatic rings.